The minimum atomic E-state index is -0.917. The molecule has 3 rings (SSSR count). The zero-order valence-corrected chi connectivity index (χ0v) is 19.5. The van der Waals surface area contributed by atoms with Gasteiger partial charge in [-0.1, -0.05) is 23.7 Å². The number of ether oxygens (including phenoxy) is 2. The molecule has 0 fully saturated rings. The summed E-state index contributed by atoms with van der Waals surface area (Å²) >= 11 is 6.01. The molecule has 10 heteroatoms. The Morgan fingerprint density at radius 3 is 2.20 bits per heavy atom. The number of rotatable bonds is 9. The Hall–Kier alpha value is -4.37. The molecular formula is C25H23ClN4O5. The van der Waals surface area contributed by atoms with E-state index in [1.165, 1.54) is 6.21 Å². The van der Waals surface area contributed by atoms with Crippen LogP contribution < -0.4 is 25.5 Å². The van der Waals surface area contributed by atoms with Gasteiger partial charge in [-0.05, 0) is 73.2 Å². The topological polar surface area (TPSA) is 118 Å². The molecular weight excluding hydrogens is 472 g/mol. The molecule has 0 atom stereocenters. The van der Waals surface area contributed by atoms with Crippen LogP contribution >= 0.6 is 11.6 Å². The normalized spacial score (nSPS) is 10.5. The van der Waals surface area contributed by atoms with Gasteiger partial charge in [0, 0.05) is 5.69 Å². The number of carbonyl (C=O) groups is 3. The standard InChI is InChI=1S/C25H23ClN4O5/c1-2-34-19-13-9-18(10-14-19)28-24(32)25(33)30-27-15-17-7-11-20(12-8-17)35-16-23(31)29-22-6-4-3-5-21(22)26/h3-15H,2,16H2,1H3,(H,28,32)(H,29,31)(H,30,33)/b27-15+. The number of halogens is 1. The molecule has 3 N–H and O–H groups in total. The maximum absolute atomic E-state index is 12.0. The minimum absolute atomic E-state index is 0.196. The Kier molecular flexibility index (Phi) is 9.21. The second-order valence-electron chi connectivity index (χ2n) is 7.00. The first-order valence-corrected chi connectivity index (χ1v) is 11.0. The van der Waals surface area contributed by atoms with E-state index in [1.54, 1.807) is 72.8 Å². The SMILES string of the molecule is CCOc1ccc(NC(=O)C(=O)N/N=C/c2ccc(OCC(=O)Nc3ccccc3Cl)cc2)cc1. The number of nitrogens with zero attached hydrogens (tertiary/aromatic N) is 1. The lowest BCUT2D eigenvalue weighted by Gasteiger charge is -2.08. The van der Waals surface area contributed by atoms with Crippen molar-refractivity contribution in [3.05, 3.63) is 83.4 Å². The van der Waals surface area contributed by atoms with Crippen LogP contribution in [0.1, 0.15) is 12.5 Å². The lowest BCUT2D eigenvalue weighted by Crippen LogP contribution is -2.32. The first-order chi connectivity index (χ1) is 16.9. The molecule has 0 aliphatic rings. The lowest BCUT2D eigenvalue weighted by molar-refractivity contribution is -0.136. The highest BCUT2D eigenvalue weighted by atomic mass is 35.5. The zero-order chi connectivity index (χ0) is 25.0. The summed E-state index contributed by atoms with van der Waals surface area (Å²) in [6, 6.07) is 20.2. The van der Waals surface area contributed by atoms with Gasteiger partial charge >= 0.3 is 11.8 Å². The third-order valence-electron chi connectivity index (χ3n) is 4.41. The minimum Gasteiger partial charge on any atom is -0.494 e. The molecule has 3 aromatic rings. The zero-order valence-electron chi connectivity index (χ0n) is 18.8. The van der Waals surface area contributed by atoms with Crippen LogP contribution in [-0.2, 0) is 14.4 Å². The maximum atomic E-state index is 12.0. The summed E-state index contributed by atoms with van der Waals surface area (Å²) in [4.78, 5) is 35.9. The highest BCUT2D eigenvalue weighted by Gasteiger charge is 2.13. The largest absolute Gasteiger partial charge is 0.494 e. The van der Waals surface area contributed by atoms with Crippen molar-refractivity contribution in [2.45, 2.75) is 6.92 Å². The summed E-state index contributed by atoms with van der Waals surface area (Å²) < 4.78 is 10.8. The van der Waals surface area contributed by atoms with Gasteiger partial charge in [0.2, 0.25) is 0 Å². The Morgan fingerprint density at radius 1 is 0.857 bits per heavy atom. The molecule has 0 saturated carbocycles. The summed E-state index contributed by atoms with van der Waals surface area (Å²) in [5, 5.41) is 9.35. The number of carbonyl (C=O) groups excluding carboxylic acids is 3. The number of hydrogen-bond donors (Lipinski definition) is 3. The van der Waals surface area contributed by atoms with Crippen molar-refractivity contribution in [3.63, 3.8) is 0 Å². The van der Waals surface area contributed by atoms with E-state index in [2.05, 4.69) is 21.2 Å². The molecule has 3 amide bonds. The fraction of sp³-hybridized carbons (Fsp3) is 0.120. The molecule has 0 aliphatic heterocycles. The highest BCUT2D eigenvalue weighted by molar-refractivity contribution is 6.39. The first kappa shape index (κ1) is 25.3. The second kappa shape index (κ2) is 12.8. The van der Waals surface area contributed by atoms with E-state index < -0.39 is 11.8 Å². The summed E-state index contributed by atoms with van der Waals surface area (Å²) in [7, 11) is 0. The van der Waals surface area contributed by atoms with E-state index in [0.29, 0.717) is 40.1 Å². The predicted octanol–water partition coefficient (Wildman–Crippen LogP) is 3.85. The van der Waals surface area contributed by atoms with Gasteiger partial charge in [-0.2, -0.15) is 5.10 Å². The Labute approximate surface area is 207 Å². The summed E-state index contributed by atoms with van der Waals surface area (Å²) in [5.41, 5.74) is 3.76. The van der Waals surface area contributed by atoms with E-state index in [1.807, 2.05) is 6.92 Å². The molecule has 35 heavy (non-hydrogen) atoms. The second-order valence-corrected chi connectivity index (χ2v) is 7.40. The third-order valence-corrected chi connectivity index (χ3v) is 4.74. The summed E-state index contributed by atoms with van der Waals surface area (Å²) in [6.07, 6.45) is 1.37. The number of hydrazone groups is 1. The van der Waals surface area contributed by atoms with Gasteiger partial charge in [0.15, 0.2) is 6.61 Å². The number of nitrogens with one attached hydrogen (secondary N) is 3. The van der Waals surface area contributed by atoms with Crippen molar-refractivity contribution < 1.29 is 23.9 Å². The molecule has 3 aromatic carbocycles. The third kappa shape index (κ3) is 8.17. The molecule has 0 unspecified atom stereocenters. The molecule has 180 valence electrons. The van der Waals surface area contributed by atoms with Crippen LogP contribution in [0.5, 0.6) is 11.5 Å². The van der Waals surface area contributed by atoms with Crippen LogP contribution in [0.25, 0.3) is 0 Å². The summed E-state index contributed by atoms with van der Waals surface area (Å²) in [5.74, 6) is -0.994. The number of anilines is 2. The molecule has 0 aliphatic carbocycles. The lowest BCUT2D eigenvalue weighted by atomic mass is 10.2. The average Bonchev–Trinajstić information content (AvgIpc) is 2.86. The van der Waals surface area contributed by atoms with Gasteiger partial charge in [0.25, 0.3) is 5.91 Å². The smallest absolute Gasteiger partial charge is 0.329 e. The first-order valence-electron chi connectivity index (χ1n) is 10.6. The van der Waals surface area contributed by atoms with Gasteiger partial charge in [0.05, 0.1) is 23.5 Å². The van der Waals surface area contributed by atoms with E-state index in [9.17, 15) is 14.4 Å². The van der Waals surface area contributed by atoms with Crippen molar-refractivity contribution in [3.8, 4) is 11.5 Å². The van der Waals surface area contributed by atoms with Crippen LogP contribution in [0.4, 0.5) is 11.4 Å². The van der Waals surface area contributed by atoms with Gasteiger partial charge in [-0.15, -0.1) is 0 Å². The Morgan fingerprint density at radius 2 is 1.51 bits per heavy atom. The van der Waals surface area contributed by atoms with Crippen molar-refractivity contribution >= 4 is 46.9 Å². The number of hydrogen-bond acceptors (Lipinski definition) is 6. The molecule has 0 saturated heterocycles. The van der Waals surface area contributed by atoms with Gasteiger partial charge in [-0.3, -0.25) is 14.4 Å². The maximum Gasteiger partial charge on any atom is 0.329 e. The van der Waals surface area contributed by atoms with Crippen LogP contribution in [0.2, 0.25) is 5.02 Å². The van der Waals surface area contributed by atoms with Crippen LogP contribution in [0.15, 0.2) is 77.9 Å². The molecule has 0 bridgehead atoms. The predicted molar refractivity (Wildman–Crippen MR) is 134 cm³/mol. The fourth-order valence-corrected chi connectivity index (χ4v) is 2.94. The molecule has 0 spiro atoms. The average molecular weight is 495 g/mol. The van der Waals surface area contributed by atoms with Gasteiger partial charge < -0.3 is 20.1 Å². The number of benzene rings is 3. The quantitative estimate of drug-likeness (QED) is 0.237. The van der Waals surface area contributed by atoms with Crippen molar-refractivity contribution in [2.75, 3.05) is 23.8 Å². The van der Waals surface area contributed by atoms with Gasteiger partial charge in [-0.25, -0.2) is 5.43 Å². The fourth-order valence-electron chi connectivity index (χ4n) is 2.75. The Balaban J connectivity index is 1.42. The van der Waals surface area contributed by atoms with Crippen molar-refractivity contribution in [1.82, 2.24) is 5.43 Å². The molecule has 0 aromatic heterocycles. The van der Waals surface area contributed by atoms with Crippen molar-refractivity contribution in [1.29, 1.82) is 0 Å². The van der Waals surface area contributed by atoms with E-state index >= 15 is 0 Å². The molecule has 0 heterocycles. The highest BCUT2D eigenvalue weighted by Crippen LogP contribution is 2.20. The van der Waals surface area contributed by atoms with E-state index in [4.69, 9.17) is 21.1 Å². The molecule has 0 radical (unpaired) electrons. The Bertz CT molecular complexity index is 1200. The monoisotopic (exact) mass is 494 g/mol. The van der Waals surface area contributed by atoms with Crippen LogP contribution in [0, 0.1) is 0 Å². The van der Waals surface area contributed by atoms with Gasteiger partial charge in [0.1, 0.15) is 11.5 Å². The van der Waals surface area contributed by atoms with E-state index in [-0.39, 0.29) is 12.5 Å². The van der Waals surface area contributed by atoms with Crippen LogP contribution in [-0.4, -0.2) is 37.1 Å². The van der Waals surface area contributed by atoms with Crippen molar-refractivity contribution in [2.24, 2.45) is 5.10 Å². The number of amides is 3. The van der Waals surface area contributed by atoms with Crippen LogP contribution in [0.3, 0.4) is 0 Å². The molecule has 9 nitrogen and oxygen atoms in total. The number of para-hydroxylation sites is 1. The summed E-state index contributed by atoms with van der Waals surface area (Å²) in [6.45, 7) is 2.20. The van der Waals surface area contributed by atoms with E-state index in [0.717, 1.165) is 0 Å².